The third-order valence-corrected chi connectivity index (χ3v) is 8.44. The lowest BCUT2D eigenvalue weighted by molar-refractivity contribution is 0.0793. The van der Waals surface area contributed by atoms with Gasteiger partial charge in [0.2, 0.25) is 0 Å². The lowest BCUT2D eigenvalue weighted by Gasteiger charge is -2.35. The van der Waals surface area contributed by atoms with E-state index in [-0.39, 0.29) is 5.91 Å². The number of rotatable bonds is 9. The lowest BCUT2D eigenvalue weighted by atomic mass is 9.94. The standard InChI is InChI=1S/C31H45N7O2/c1-22-6-5-7-27(33-22)30(39)34-29-18-24-20-38(35-28(24)19-26(29)31(2,3)40)25-11-16-37(17-12-25)21-36(4)15-10-23-8-13-32-14-9-23/h5-7,18-20,23,25,32,40H,8-17,21H2,1-4H3,(H,34,39). The lowest BCUT2D eigenvalue weighted by Crippen LogP contribution is -2.42. The molecule has 0 saturated carbocycles. The highest BCUT2D eigenvalue weighted by Gasteiger charge is 2.26. The molecule has 3 N–H and O–H groups in total. The number of fused-ring (bicyclic) bond motifs is 1. The fourth-order valence-electron chi connectivity index (χ4n) is 6.05. The van der Waals surface area contributed by atoms with Gasteiger partial charge in [-0.3, -0.25) is 19.3 Å². The largest absolute Gasteiger partial charge is 0.386 e. The summed E-state index contributed by atoms with van der Waals surface area (Å²) in [5.41, 5.74) is 2.02. The summed E-state index contributed by atoms with van der Waals surface area (Å²) in [5, 5.41) is 23.2. The molecule has 9 nitrogen and oxygen atoms in total. The van der Waals surface area contributed by atoms with E-state index in [1.165, 1.54) is 32.4 Å². The van der Waals surface area contributed by atoms with Crippen LogP contribution in [-0.2, 0) is 5.60 Å². The number of pyridine rings is 1. The molecule has 5 rings (SSSR count). The summed E-state index contributed by atoms with van der Waals surface area (Å²) < 4.78 is 2.09. The van der Waals surface area contributed by atoms with Crippen LogP contribution in [0.2, 0.25) is 0 Å². The predicted octanol–water partition coefficient (Wildman–Crippen LogP) is 4.14. The molecule has 216 valence electrons. The van der Waals surface area contributed by atoms with E-state index in [9.17, 15) is 9.90 Å². The van der Waals surface area contributed by atoms with E-state index >= 15 is 0 Å². The molecule has 0 unspecified atom stereocenters. The van der Waals surface area contributed by atoms with Crippen molar-refractivity contribution < 1.29 is 9.90 Å². The van der Waals surface area contributed by atoms with Gasteiger partial charge in [-0.2, -0.15) is 5.10 Å². The monoisotopic (exact) mass is 547 g/mol. The summed E-state index contributed by atoms with van der Waals surface area (Å²) in [6.07, 6.45) is 8.11. The van der Waals surface area contributed by atoms with Gasteiger partial charge in [0, 0.05) is 41.6 Å². The Bertz CT molecular complexity index is 1300. The molecule has 1 aromatic carbocycles. The first-order valence-corrected chi connectivity index (χ1v) is 14.8. The number of benzene rings is 1. The molecule has 0 atom stereocenters. The molecular weight excluding hydrogens is 502 g/mol. The summed E-state index contributed by atoms with van der Waals surface area (Å²) in [4.78, 5) is 22.4. The predicted molar refractivity (Wildman–Crippen MR) is 159 cm³/mol. The van der Waals surface area contributed by atoms with Crippen molar-refractivity contribution in [2.75, 3.05) is 51.8 Å². The minimum absolute atomic E-state index is 0.297. The van der Waals surface area contributed by atoms with Crippen LogP contribution in [0.1, 0.15) is 73.7 Å². The van der Waals surface area contributed by atoms with Crippen LogP contribution in [0.5, 0.6) is 0 Å². The van der Waals surface area contributed by atoms with Crippen LogP contribution in [0.4, 0.5) is 5.69 Å². The Morgan fingerprint density at radius 2 is 1.93 bits per heavy atom. The van der Waals surface area contributed by atoms with Crippen LogP contribution in [-0.4, -0.2) is 82.0 Å². The van der Waals surface area contributed by atoms with Gasteiger partial charge in [-0.15, -0.1) is 0 Å². The number of aromatic nitrogens is 3. The first-order chi connectivity index (χ1) is 19.2. The fraction of sp³-hybridized carbons (Fsp3) is 0.581. The van der Waals surface area contributed by atoms with Crippen molar-refractivity contribution in [1.82, 2.24) is 29.9 Å². The van der Waals surface area contributed by atoms with Gasteiger partial charge in [0.25, 0.3) is 5.91 Å². The Balaban J connectivity index is 1.23. The number of hydrogen-bond acceptors (Lipinski definition) is 7. The average molecular weight is 548 g/mol. The number of nitrogens with zero attached hydrogens (tertiary/aromatic N) is 5. The fourth-order valence-corrected chi connectivity index (χ4v) is 6.05. The summed E-state index contributed by atoms with van der Waals surface area (Å²) in [6.45, 7) is 11.9. The third-order valence-electron chi connectivity index (χ3n) is 8.44. The van der Waals surface area contributed by atoms with E-state index in [0.717, 1.165) is 61.7 Å². The van der Waals surface area contributed by atoms with Crippen molar-refractivity contribution in [3.63, 3.8) is 0 Å². The minimum Gasteiger partial charge on any atom is -0.386 e. The van der Waals surface area contributed by atoms with Gasteiger partial charge in [-0.05, 0) is 110 Å². The zero-order valence-electron chi connectivity index (χ0n) is 24.5. The maximum absolute atomic E-state index is 13.0. The molecule has 4 heterocycles. The Kier molecular flexibility index (Phi) is 8.85. The molecule has 3 aromatic rings. The Hall–Kier alpha value is -2.85. The van der Waals surface area contributed by atoms with Crippen LogP contribution in [0.3, 0.4) is 0 Å². The molecule has 40 heavy (non-hydrogen) atoms. The Labute approximate surface area is 237 Å². The summed E-state index contributed by atoms with van der Waals surface area (Å²) in [6, 6.07) is 9.54. The highest BCUT2D eigenvalue weighted by Crippen LogP contribution is 2.33. The van der Waals surface area contributed by atoms with E-state index in [0.29, 0.717) is 23.0 Å². The molecule has 1 amide bonds. The van der Waals surface area contributed by atoms with E-state index in [2.05, 4.69) is 43.3 Å². The van der Waals surface area contributed by atoms with Gasteiger partial charge in [0.1, 0.15) is 5.69 Å². The number of carbonyl (C=O) groups is 1. The van der Waals surface area contributed by atoms with Crippen LogP contribution < -0.4 is 10.6 Å². The number of carbonyl (C=O) groups excluding carboxylic acids is 1. The first-order valence-electron chi connectivity index (χ1n) is 14.8. The summed E-state index contributed by atoms with van der Waals surface area (Å²) in [7, 11) is 2.25. The second-order valence-corrected chi connectivity index (χ2v) is 12.3. The molecule has 0 radical (unpaired) electrons. The zero-order valence-corrected chi connectivity index (χ0v) is 24.5. The molecule has 9 heteroatoms. The van der Waals surface area contributed by atoms with Crippen LogP contribution in [0, 0.1) is 12.8 Å². The maximum Gasteiger partial charge on any atom is 0.274 e. The second kappa shape index (κ2) is 12.3. The van der Waals surface area contributed by atoms with Gasteiger partial charge in [0.15, 0.2) is 0 Å². The van der Waals surface area contributed by atoms with Gasteiger partial charge in [-0.25, -0.2) is 4.98 Å². The molecule has 0 aliphatic carbocycles. The zero-order chi connectivity index (χ0) is 28.3. The van der Waals surface area contributed by atoms with Crippen LogP contribution >= 0.6 is 0 Å². The van der Waals surface area contributed by atoms with Gasteiger partial charge in [-0.1, -0.05) is 6.07 Å². The van der Waals surface area contributed by atoms with Crippen molar-refractivity contribution in [2.24, 2.45) is 5.92 Å². The van der Waals surface area contributed by atoms with Crippen molar-refractivity contribution in [2.45, 2.75) is 64.5 Å². The van der Waals surface area contributed by atoms with Crippen LogP contribution in [0.15, 0.2) is 36.5 Å². The molecule has 2 aromatic heterocycles. The minimum atomic E-state index is -1.15. The Morgan fingerprint density at radius 1 is 1.18 bits per heavy atom. The molecule has 0 spiro atoms. The normalized spacial score (nSPS) is 18.1. The molecule has 0 bridgehead atoms. The number of piperidine rings is 2. The molecular formula is C31H45N7O2. The van der Waals surface area contributed by atoms with Gasteiger partial charge >= 0.3 is 0 Å². The molecule has 2 saturated heterocycles. The summed E-state index contributed by atoms with van der Waals surface area (Å²) in [5.74, 6) is 0.572. The van der Waals surface area contributed by atoms with Crippen molar-refractivity contribution in [3.8, 4) is 0 Å². The van der Waals surface area contributed by atoms with E-state index in [1.54, 1.807) is 19.9 Å². The highest BCUT2D eigenvalue weighted by atomic mass is 16.3. The third kappa shape index (κ3) is 7.07. The van der Waals surface area contributed by atoms with Crippen LogP contribution in [0.25, 0.3) is 10.9 Å². The smallest absolute Gasteiger partial charge is 0.274 e. The highest BCUT2D eigenvalue weighted by molar-refractivity contribution is 6.04. The summed E-state index contributed by atoms with van der Waals surface area (Å²) >= 11 is 0. The second-order valence-electron chi connectivity index (χ2n) is 12.3. The van der Waals surface area contributed by atoms with E-state index in [1.807, 2.05) is 31.2 Å². The van der Waals surface area contributed by atoms with Gasteiger partial charge < -0.3 is 15.7 Å². The first kappa shape index (κ1) is 28.7. The number of likely N-dealkylation sites (tertiary alicyclic amines) is 1. The molecule has 2 fully saturated rings. The quantitative estimate of drug-likeness (QED) is 0.370. The Morgan fingerprint density at radius 3 is 2.62 bits per heavy atom. The number of hydrogen-bond donors (Lipinski definition) is 3. The van der Waals surface area contributed by atoms with Crippen molar-refractivity contribution in [3.05, 3.63) is 53.5 Å². The van der Waals surface area contributed by atoms with Gasteiger partial charge in [0.05, 0.1) is 23.8 Å². The van der Waals surface area contributed by atoms with E-state index < -0.39 is 5.60 Å². The SMILES string of the molecule is Cc1cccc(C(=O)Nc2cc3cn(C4CCN(CN(C)CCC5CCNCC5)CC4)nc3cc2C(C)(C)O)n1. The number of amides is 1. The van der Waals surface area contributed by atoms with Crippen molar-refractivity contribution in [1.29, 1.82) is 0 Å². The number of nitrogens with one attached hydrogen (secondary N) is 2. The molecule has 2 aliphatic heterocycles. The topological polar surface area (TPSA) is 98.6 Å². The van der Waals surface area contributed by atoms with Crippen molar-refractivity contribution >= 4 is 22.5 Å². The molecule has 2 aliphatic rings. The average Bonchev–Trinajstić information content (AvgIpc) is 3.35. The van der Waals surface area contributed by atoms with E-state index in [4.69, 9.17) is 5.10 Å². The number of aryl methyl sites for hydroxylation is 1. The maximum atomic E-state index is 13.0. The number of anilines is 1. The number of aliphatic hydroxyl groups is 1.